The van der Waals surface area contributed by atoms with Crippen molar-refractivity contribution in [1.29, 1.82) is 0 Å². The summed E-state index contributed by atoms with van der Waals surface area (Å²) in [6.45, 7) is 8.29. The predicted molar refractivity (Wildman–Crippen MR) is 129 cm³/mol. The van der Waals surface area contributed by atoms with Crippen LogP contribution in [-0.2, 0) is 6.54 Å². The lowest BCUT2D eigenvalue weighted by molar-refractivity contribution is 0.0541. The number of nitrogens with zero attached hydrogens (tertiary/aromatic N) is 2. The molecule has 3 aromatic rings. The normalized spacial score (nSPS) is 26.4. The van der Waals surface area contributed by atoms with Crippen LogP contribution in [0.15, 0.2) is 73.1 Å². The molecule has 1 aromatic heterocycles. The molecule has 1 aliphatic carbocycles. The molecule has 2 fully saturated rings. The van der Waals surface area contributed by atoms with Crippen molar-refractivity contribution in [2.45, 2.75) is 45.6 Å². The Morgan fingerprint density at radius 2 is 1.68 bits per heavy atom. The fraction of sp³-hybridized carbons (Fsp3) is 0.414. The molecule has 0 spiro atoms. The molecule has 2 heterocycles. The molecule has 1 aliphatic heterocycles. The highest BCUT2D eigenvalue weighted by Gasteiger charge is 2.38. The van der Waals surface area contributed by atoms with Crippen molar-refractivity contribution in [3.63, 3.8) is 0 Å². The van der Waals surface area contributed by atoms with E-state index in [0.717, 1.165) is 30.2 Å². The maximum absolute atomic E-state index is 4.13. The minimum atomic E-state index is 0.723. The van der Waals surface area contributed by atoms with Gasteiger partial charge in [-0.05, 0) is 90.8 Å². The van der Waals surface area contributed by atoms with Gasteiger partial charge in [0.15, 0.2) is 0 Å². The van der Waals surface area contributed by atoms with Gasteiger partial charge in [-0.1, -0.05) is 61.0 Å². The van der Waals surface area contributed by atoms with Crippen LogP contribution in [0.4, 0.5) is 0 Å². The lowest BCUT2D eigenvalue weighted by Crippen LogP contribution is -2.44. The standard InChI is InChI=1S/C29H34N2/c1-21-4-3-5-27(16-21)29-18-28-20-31(15-12-26(28)17-22(29)2)19-23-6-8-24(9-7-23)25-10-13-30-14-11-25/h3-11,13-14,16,22,26,28-29H,12,15,17-20H2,1-2H3/t22-,26?,28+,29+/m0/s1. The van der Waals surface area contributed by atoms with Crippen molar-refractivity contribution in [3.8, 4) is 11.1 Å². The van der Waals surface area contributed by atoms with E-state index in [1.54, 1.807) is 5.56 Å². The average molecular weight is 411 g/mol. The van der Waals surface area contributed by atoms with Gasteiger partial charge in [0.1, 0.15) is 0 Å². The maximum atomic E-state index is 4.13. The van der Waals surface area contributed by atoms with Gasteiger partial charge in [0.05, 0.1) is 0 Å². The van der Waals surface area contributed by atoms with E-state index in [1.165, 1.54) is 54.6 Å². The molecule has 31 heavy (non-hydrogen) atoms. The summed E-state index contributed by atoms with van der Waals surface area (Å²) in [7, 11) is 0. The number of aromatic nitrogens is 1. The molecule has 0 radical (unpaired) electrons. The van der Waals surface area contributed by atoms with E-state index in [1.807, 2.05) is 12.4 Å². The van der Waals surface area contributed by atoms with Gasteiger partial charge in [-0.25, -0.2) is 0 Å². The Hall–Kier alpha value is -2.45. The van der Waals surface area contributed by atoms with Crippen LogP contribution in [0.5, 0.6) is 0 Å². The van der Waals surface area contributed by atoms with Crippen molar-refractivity contribution in [3.05, 3.63) is 89.7 Å². The first-order valence-electron chi connectivity index (χ1n) is 11.9. The number of pyridine rings is 1. The Bertz CT molecular complexity index is 995. The summed E-state index contributed by atoms with van der Waals surface area (Å²) in [5.74, 6) is 3.28. The fourth-order valence-electron chi connectivity index (χ4n) is 6.05. The van der Waals surface area contributed by atoms with Crippen molar-refractivity contribution >= 4 is 0 Å². The monoisotopic (exact) mass is 410 g/mol. The molecule has 0 bridgehead atoms. The highest BCUT2D eigenvalue weighted by molar-refractivity contribution is 5.62. The molecule has 2 nitrogen and oxygen atoms in total. The highest BCUT2D eigenvalue weighted by atomic mass is 15.1. The van der Waals surface area contributed by atoms with Crippen LogP contribution in [-0.4, -0.2) is 23.0 Å². The summed E-state index contributed by atoms with van der Waals surface area (Å²) in [5, 5.41) is 0. The molecule has 0 N–H and O–H groups in total. The van der Waals surface area contributed by atoms with E-state index in [4.69, 9.17) is 0 Å². The molecular weight excluding hydrogens is 376 g/mol. The van der Waals surface area contributed by atoms with Crippen molar-refractivity contribution in [2.24, 2.45) is 17.8 Å². The minimum absolute atomic E-state index is 0.723. The van der Waals surface area contributed by atoms with Gasteiger partial charge in [-0.3, -0.25) is 9.88 Å². The van der Waals surface area contributed by atoms with Crippen LogP contribution in [0.1, 0.15) is 48.8 Å². The van der Waals surface area contributed by atoms with Crippen LogP contribution >= 0.6 is 0 Å². The van der Waals surface area contributed by atoms with Crippen molar-refractivity contribution < 1.29 is 0 Å². The quantitative estimate of drug-likeness (QED) is 0.475. The molecular formula is C29H34N2. The largest absolute Gasteiger partial charge is 0.299 e. The van der Waals surface area contributed by atoms with Gasteiger partial charge in [0.2, 0.25) is 0 Å². The third-order valence-corrected chi connectivity index (χ3v) is 7.74. The Balaban J connectivity index is 1.24. The zero-order chi connectivity index (χ0) is 21.2. The van der Waals surface area contributed by atoms with Crippen LogP contribution < -0.4 is 0 Å². The highest BCUT2D eigenvalue weighted by Crippen LogP contribution is 2.46. The maximum Gasteiger partial charge on any atom is 0.0273 e. The third kappa shape index (κ3) is 4.60. The van der Waals surface area contributed by atoms with E-state index in [0.29, 0.717) is 0 Å². The van der Waals surface area contributed by atoms with Crippen molar-refractivity contribution in [2.75, 3.05) is 13.1 Å². The van der Waals surface area contributed by atoms with Crippen LogP contribution in [0.25, 0.3) is 11.1 Å². The summed E-state index contributed by atoms with van der Waals surface area (Å²) < 4.78 is 0. The second kappa shape index (κ2) is 8.96. The molecule has 5 rings (SSSR count). The second-order valence-corrected chi connectivity index (χ2v) is 9.95. The second-order valence-electron chi connectivity index (χ2n) is 9.95. The summed E-state index contributed by atoms with van der Waals surface area (Å²) >= 11 is 0. The molecule has 1 unspecified atom stereocenters. The first-order valence-corrected chi connectivity index (χ1v) is 11.9. The van der Waals surface area contributed by atoms with Crippen LogP contribution in [0, 0.1) is 24.7 Å². The Kier molecular flexibility index (Phi) is 5.91. The number of piperidine rings is 1. The molecule has 2 aliphatic rings. The van der Waals surface area contributed by atoms with Crippen LogP contribution in [0.3, 0.4) is 0 Å². The minimum Gasteiger partial charge on any atom is -0.299 e. The average Bonchev–Trinajstić information content (AvgIpc) is 2.80. The van der Waals surface area contributed by atoms with E-state index in [9.17, 15) is 0 Å². The number of likely N-dealkylation sites (tertiary alicyclic amines) is 1. The summed E-state index contributed by atoms with van der Waals surface area (Å²) in [6.07, 6.45) is 7.85. The Morgan fingerprint density at radius 3 is 2.45 bits per heavy atom. The number of benzene rings is 2. The smallest absolute Gasteiger partial charge is 0.0273 e. The number of aryl methyl sites for hydroxylation is 1. The van der Waals surface area contributed by atoms with Crippen LogP contribution in [0.2, 0.25) is 0 Å². The van der Waals surface area contributed by atoms with Gasteiger partial charge >= 0.3 is 0 Å². The SMILES string of the molecule is Cc1cccc([C@@H]2C[C@@H]3CN(Cc4ccc(-c5ccncc5)cc4)CCC3C[C@@H]2C)c1. The third-order valence-electron chi connectivity index (χ3n) is 7.74. The van der Waals surface area contributed by atoms with E-state index >= 15 is 0 Å². The van der Waals surface area contributed by atoms with E-state index in [2.05, 4.69) is 84.4 Å². The van der Waals surface area contributed by atoms with Gasteiger partial charge in [0, 0.05) is 25.5 Å². The zero-order valence-corrected chi connectivity index (χ0v) is 18.9. The predicted octanol–water partition coefficient (Wildman–Crippen LogP) is 6.71. The van der Waals surface area contributed by atoms with E-state index in [-0.39, 0.29) is 0 Å². The topological polar surface area (TPSA) is 16.1 Å². The van der Waals surface area contributed by atoms with E-state index < -0.39 is 0 Å². The number of hydrogen-bond donors (Lipinski definition) is 0. The van der Waals surface area contributed by atoms with Crippen molar-refractivity contribution in [1.82, 2.24) is 9.88 Å². The first-order chi connectivity index (χ1) is 15.2. The molecule has 0 amide bonds. The summed E-state index contributed by atoms with van der Waals surface area (Å²) in [4.78, 5) is 6.83. The lowest BCUT2D eigenvalue weighted by atomic mass is 9.64. The van der Waals surface area contributed by atoms with Gasteiger partial charge < -0.3 is 0 Å². The molecule has 160 valence electrons. The Labute approximate surface area is 187 Å². The number of rotatable bonds is 4. The molecule has 2 heteroatoms. The number of fused-ring (bicyclic) bond motifs is 1. The fourth-order valence-corrected chi connectivity index (χ4v) is 6.05. The summed E-state index contributed by atoms with van der Waals surface area (Å²) in [5.41, 5.74) is 6.89. The molecule has 4 atom stereocenters. The Morgan fingerprint density at radius 1 is 0.903 bits per heavy atom. The zero-order valence-electron chi connectivity index (χ0n) is 18.9. The summed E-state index contributed by atoms with van der Waals surface area (Å²) in [6, 6.07) is 22.5. The molecule has 2 aromatic carbocycles. The first kappa shape index (κ1) is 20.5. The van der Waals surface area contributed by atoms with Gasteiger partial charge in [-0.2, -0.15) is 0 Å². The van der Waals surface area contributed by atoms with Gasteiger partial charge in [-0.15, -0.1) is 0 Å². The molecule has 1 saturated heterocycles. The number of hydrogen-bond acceptors (Lipinski definition) is 2. The van der Waals surface area contributed by atoms with Gasteiger partial charge in [0.25, 0.3) is 0 Å². The molecule has 1 saturated carbocycles. The lowest BCUT2D eigenvalue weighted by Gasteiger charge is -2.46.